The second kappa shape index (κ2) is 4.75. The van der Waals surface area contributed by atoms with Crippen molar-refractivity contribution in [1.29, 1.82) is 0 Å². The van der Waals surface area contributed by atoms with Gasteiger partial charge in [-0.1, -0.05) is 5.16 Å². The van der Waals surface area contributed by atoms with Crippen LogP contribution < -0.4 is 0 Å². The molecular formula is C9H13F3N2O2S. The highest BCUT2D eigenvalue weighted by Gasteiger charge is 2.38. The van der Waals surface area contributed by atoms with E-state index in [4.69, 9.17) is 4.84 Å². The van der Waals surface area contributed by atoms with Crippen molar-refractivity contribution in [2.24, 2.45) is 10.1 Å². The van der Waals surface area contributed by atoms with Gasteiger partial charge in [0.25, 0.3) is 0 Å². The summed E-state index contributed by atoms with van der Waals surface area (Å²) in [7, 11) is -0.819. The van der Waals surface area contributed by atoms with Crippen molar-refractivity contribution in [1.82, 2.24) is 0 Å². The lowest BCUT2D eigenvalue weighted by Gasteiger charge is -2.13. The fourth-order valence-corrected chi connectivity index (χ4v) is 2.54. The van der Waals surface area contributed by atoms with Crippen molar-refractivity contribution in [3.63, 3.8) is 0 Å². The molecule has 1 rings (SSSR count). The van der Waals surface area contributed by atoms with Gasteiger partial charge in [-0.25, -0.2) is 0 Å². The molecule has 0 fully saturated rings. The lowest BCUT2D eigenvalue weighted by atomic mass is 10.1. The maximum Gasteiger partial charge on any atom is 0.429 e. The van der Waals surface area contributed by atoms with Crippen molar-refractivity contribution in [3.8, 4) is 0 Å². The molecule has 0 saturated carbocycles. The Kier molecular flexibility index (Phi) is 3.95. The molecule has 0 aliphatic carbocycles. The molecule has 0 saturated heterocycles. The first-order valence-corrected chi connectivity index (χ1v) is 6.14. The molecular weight excluding hydrogens is 257 g/mol. The monoisotopic (exact) mass is 270 g/mol. The zero-order valence-electron chi connectivity index (χ0n) is 9.67. The van der Waals surface area contributed by atoms with Gasteiger partial charge in [0.05, 0.1) is 16.6 Å². The fourth-order valence-electron chi connectivity index (χ4n) is 1.21. The smallest absolute Gasteiger partial charge is 0.389 e. The molecule has 0 N–H and O–H groups in total. The molecule has 4 nitrogen and oxygen atoms in total. The number of aliphatic imine (C=N–C) groups is 1. The van der Waals surface area contributed by atoms with E-state index in [1.165, 1.54) is 0 Å². The first kappa shape index (κ1) is 14.1. The summed E-state index contributed by atoms with van der Waals surface area (Å²) < 4.78 is 48.8. The quantitative estimate of drug-likeness (QED) is 0.719. The van der Waals surface area contributed by atoms with Gasteiger partial charge in [-0.3, -0.25) is 9.20 Å². The predicted molar refractivity (Wildman–Crippen MR) is 59.6 cm³/mol. The zero-order chi connectivity index (χ0) is 13.3. The van der Waals surface area contributed by atoms with E-state index in [1.807, 2.05) is 0 Å². The van der Waals surface area contributed by atoms with Crippen LogP contribution >= 0.6 is 0 Å². The molecule has 1 atom stereocenters. The first-order chi connectivity index (χ1) is 7.65. The molecule has 0 radical (unpaired) electrons. The van der Waals surface area contributed by atoms with Crippen molar-refractivity contribution in [2.45, 2.75) is 32.0 Å². The Morgan fingerprint density at radius 2 is 2.18 bits per heavy atom. The van der Waals surface area contributed by atoms with Crippen molar-refractivity contribution < 1.29 is 22.2 Å². The molecule has 0 spiro atoms. The van der Waals surface area contributed by atoms with Gasteiger partial charge in [0.15, 0.2) is 0 Å². The largest absolute Gasteiger partial charge is 0.429 e. The maximum atomic E-state index is 12.4. The zero-order valence-corrected chi connectivity index (χ0v) is 10.5. The number of hydrogen-bond donors (Lipinski definition) is 0. The van der Waals surface area contributed by atoms with E-state index >= 15 is 0 Å². The summed E-state index contributed by atoms with van der Waals surface area (Å²) >= 11 is 0. The van der Waals surface area contributed by atoms with Gasteiger partial charge in [0.2, 0.25) is 0 Å². The van der Waals surface area contributed by atoms with Crippen LogP contribution in [0.3, 0.4) is 0 Å². The van der Waals surface area contributed by atoms with Crippen LogP contribution in [0.4, 0.5) is 13.2 Å². The molecule has 8 heteroatoms. The fraction of sp³-hybridized carbons (Fsp3) is 0.778. The standard InChI is InChI=1S/C9H13F3N2O2S/c1-8(2)4-7(14-16-8)17(15)5-6(13-3)9(10,11)12/h4-5H2,1-3H3. The Morgan fingerprint density at radius 3 is 2.53 bits per heavy atom. The van der Waals surface area contributed by atoms with Crippen LogP contribution in [0.25, 0.3) is 0 Å². The van der Waals surface area contributed by atoms with Gasteiger partial charge >= 0.3 is 6.18 Å². The topological polar surface area (TPSA) is 51.0 Å². The summed E-state index contributed by atoms with van der Waals surface area (Å²) in [6.07, 6.45) is -4.30. The van der Waals surface area contributed by atoms with E-state index in [9.17, 15) is 17.4 Å². The lowest BCUT2D eigenvalue weighted by Crippen LogP contribution is -2.31. The van der Waals surface area contributed by atoms with Crippen molar-refractivity contribution >= 4 is 21.6 Å². The molecule has 1 heterocycles. The number of rotatable bonds is 2. The molecule has 1 unspecified atom stereocenters. The van der Waals surface area contributed by atoms with E-state index < -0.39 is 34.0 Å². The third kappa shape index (κ3) is 3.79. The summed E-state index contributed by atoms with van der Waals surface area (Å²) in [5, 5.41) is 3.69. The van der Waals surface area contributed by atoms with Crippen LogP contribution in [0.2, 0.25) is 0 Å². The van der Waals surface area contributed by atoms with Gasteiger partial charge in [-0.05, 0) is 13.8 Å². The Bertz CT molecular complexity index is 388. The second-order valence-electron chi connectivity index (χ2n) is 4.17. The van der Waals surface area contributed by atoms with E-state index in [-0.39, 0.29) is 11.5 Å². The van der Waals surface area contributed by atoms with E-state index in [0.717, 1.165) is 7.05 Å². The number of oxime groups is 1. The highest BCUT2D eigenvalue weighted by molar-refractivity contribution is 8.01. The Morgan fingerprint density at radius 1 is 1.59 bits per heavy atom. The Labute approximate surface area is 99.4 Å². The van der Waals surface area contributed by atoms with Crippen LogP contribution in [0, 0.1) is 0 Å². The number of halogens is 3. The lowest BCUT2D eigenvalue weighted by molar-refractivity contribution is -0.0590. The van der Waals surface area contributed by atoms with Gasteiger partial charge in [-0.15, -0.1) is 0 Å². The summed E-state index contributed by atoms with van der Waals surface area (Å²) in [4.78, 5) is 8.06. The van der Waals surface area contributed by atoms with Gasteiger partial charge in [-0.2, -0.15) is 13.2 Å². The van der Waals surface area contributed by atoms with Gasteiger partial charge in [0, 0.05) is 13.5 Å². The molecule has 0 aromatic carbocycles. The van der Waals surface area contributed by atoms with Gasteiger partial charge < -0.3 is 4.84 Å². The summed E-state index contributed by atoms with van der Waals surface area (Å²) in [5.74, 6) is -0.682. The number of hydrogen-bond acceptors (Lipinski definition) is 4. The summed E-state index contributed by atoms with van der Waals surface area (Å²) in [6.45, 7) is 3.44. The van der Waals surface area contributed by atoms with Gasteiger partial charge in [0.1, 0.15) is 16.4 Å². The minimum atomic E-state index is -4.56. The predicted octanol–water partition coefficient (Wildman–Crippen LogP) is 1.88. The average Bonchev–Trinajstić information content (AvgIpc) is 2.53. The minimum absolute atomic E-state index is 0.139. The molecule has 0 aromatic rings. The molecule has 0 amide bonds. The van der Waals surface area contributed by atoms with Crippen LogP contribution in [0.5, 0.6) is 0 Å². The Balaban J connectivity index is 2.69. The van der Waals surface area contributed by atoms with Crippen molar-refractivity contribution in [3.05, 3.63) is 0 Å². The van der Waals surface area contributed by atoms with Crippen LogP contribution in [0.15, 0.2) is 10.1 Å². The SMILES string of the molecule is CN=C(CS(=O)C1=NOC(C)(C)C1)C(F)(F)F. The molecule has 0 bridgehead atoms. The van der Waals surface area contributed by atoms with Crippen LogP contribution in [-0.4, -0.2) is 39.5 Å². The normalized spacial score (nSPS) is 22.0. The average molecular weight is 270 g/mol. The molecule has 1 aliphatic rings. The number of alkyl halides is 3. The van der Waals surface area contributed by atoms with E-state index in [0.29, 0.717) is 0 Å². The minimum Gasteiger partial charge on any atom is -0.389 e. The third-order valence-corrected chi connectivity index (χ3v) is 3.38. The summed E-state index contributed by atoms with van der Waals surface area (Å²) in [5.41, 5.74) is -1.66. The highest BCUT2D eigenvalue weighted by atomic mass is 32.2. The van der Waals surface area contributed by atoms with Crippen molar-refractivity contribution in [2.75, 3.05) is 12.8 Å². The molecule has 1 aliphatic heterocycles. The summed E-state index contributed by atoms with van der Waals surface area (Å²) in [6, 6.07) is 0. The van der Waals surface area contributed by atoms with E-state index in [1.54, 1.807) is 13.8 Å². The molecule has 17 heavy (non-hydrogen) atoms. The molecule has 98 valence electrons. The number of nitrogens with zero attached hydrogens (tertiary/aromatic N) is 2. The third-order valence-electron chi connectivity index (χ3n) is 2.10. The molecule has 0 aromatic heterocycles. The first-order valence-electron chi connectivity index (χ1n) is 4.82. The van der Waals surface area contributed by atoms with Crippen LogP contribution in [-0.2, 0) is 15.6 Å². The van der Waals surface area contributed by atoms with Crippen LogP contribution in [0.1, 0.15) is 20.3 Å². The second-order valence-corrected chi connectivity index (χ2v) is 5.62. The maximum absolute atomic E-state index is 12.4. The van der Waals surface area contributed by atoms with E-state index in [2.05, 4.69) is 10.1 Å². The Hall–Kier alpha value is -0.920. The highest BCUT2D eigenvalue weighted by Crippen LogP contribution is 2.25.